The van der Waals surface area contributed by atoms with Crippen molar-refractivity contribution < 1.29 is 4.39 Å². The molecule has 0 spiro atoms. The van der Waals surface area contributed by atoms with Crippen molar-refractivity contribution in [3.63, 3.8) is 0 Å². The topological polar surface area (TPSA) is 17.8 Å². The van der Waals surface area contributed by atoms with E-state index in [2.05, 4.69) is 4.98 Å². The standard InChI is InChI=1S/C10H8ClFN2/c11-6-8-9(12)2-1-3-10(8)14-5-4-13-7-14/h1-5,7H,6H2. The number of benzene rings is 1. The second-order valence-electron chi connectivity index (χ2n) is 2.84. The summed E-state index contributed by atoms with van der Waals surface area (Å²) in [6.45, 7) is 0. The summed E-state index contributed by atoms with van der Waals surface area (Å²) >= 11 is 5.68. The quantitative estimate of drug-likeness (QED) is 0.697. The molecule has 0 amide bonds. The molecule has 0 aliphatic carbocycles. The molecule has 0 aliphatic rings. The largest absolute Gasteiger partial charge is 0.306 e. The molecule has 1 aromatic heterocycles. The Morgan fingerprint density at radius 1 is 1.43 bits per heavy atom. The van der Waals surface area contributed by atoms with E-state index in [9.17, 15) is 4.39 Å². The lowest BCUT2D eigenvalue weighted by Gasteiger charge is -2.07. The van der Waals surface area contributed by atoms with E-state index in [-0.39, 0.29) is 11.7 Å². The van der Waals surface area contributed by atoms with Crippen LogP contribution in [0.5, 0.6) is 0 Å². The number of aromatic nitrogens is 2. The van der Waals surface area contributed by atoms with E-state index >= 15 is 0 Å². The Morgan fingerprint density at radius 2 is 2.29 bits per heavy atom. The van der Waals surface area contributed by atoms with Gasteiger partial charge in [-0.2, -0.15) is 0 Å². The van der Waals surface area contributed by atoms with Crippen LogP contribution < -0.4 is 0 Å². The number of hydrogen-bond donors (Lipinski definition) is 0. The van der Waals surface area contributed by atoms with Crippen molar-refractivity contribution in [2.24, 2.45) is 0 Å². The van der Waals surface area contributed by atoms with Crippen molar-refractivity contribution in [1.29, 1.82) is 0 Å². The summed E-state index contributed by atoms with van der Waals surface area (Å²) in [6.07, 6.45) is 5.01. The lowest BCUT2D eigenvalue weighted by atomic mass is 10.2. The molecule has 4 heteroatoms. The number of imidazole rings is 1. The molecule has 2 aromatic rings. The van der Waals surface area contributed by atoms with Gasteiger partial charge >= 0.3 is 0 Å². The van der Waals surface area contributed by atoms with Crippen molar-refractivity contribution >= 4 is 11.6 Å². The summed E-state index contributed by atoms with van der Waals surface area (Å²) in [7, 11) is 0. The Kier molecular flexibility index (Phi) is 2.50. The van der Waals surface area contributed by atoms with Crippen LogP contribution in [0.15, 0.2) is 36.9 Å². The number of hydrogen-bond acceptors (Lipinski definition) is 1. The average Bonchev–Trinajstić information content (AvgIpc) is 2.70. The van der Waals surface area contributed by atoms with Gasteiger partial charge in [-0.05, 0) is 12.1 Å². The molecular weight excluding hydrogens is 203 g/mol. The third-order valence-corrected chi connectivity index (χ3v) is 2.28. The summed E-state index contributed by atoms with van der Waals surface area (Å²) in [5.74, 6) is -0.133. The maximum absolute atomic E-state index is 13.3. The second kappa shape index (κ2) is 3.80. The van der Waals surface area contributed by atoms with Gasteiger partial charge in [-0.3, -0.25) is 0 Å². The van der Waals surface area contributed by atoms with Gasteiger partial charge in [0.05, 0.1) is 17.9 Å². The van der Waals surface area contributed by atoms with Crippen LogP contribution in [0, 0.1) is 5.82 Å². The minimum atomic E-state index is -0.286. The van der Waals surface area contributed by atoms with Crippen LogP contribution in [0.25, 0.3) is 5.69 Å². The molecule has 0 bridgehead atoms. The maximum atomic E-state index is 13.3. The molecule has 72 valence electrons. The first-order chi connectivity index (χ1) is 6.83. The molecule has 0 fully saturated rings. The normalized spacial score (nSPS) is 10.4. The molecule has 1 heterocycles. The van der Waals surface area contributed by atoms with Crippen molar-refractivity contribution in [1.82, 2.24) is 9.55 Å². The Hall–Kier alpha value is -1.35. The molecule has 0 N–H and O–H groups in total. The minimum absolute atomic E-state index is 0.153. The molecule has 0 unspecified atom stereocenters. The van der Waals surface area contributed by atoms with E-state index in [0.29, 0.717) is 5.56 Å². The van der Waals surface area contributed by atoms with Crippen LogP contribution in [0.4, 0.5) is 4.39 Å². The fourth-order valence-electron chi connectivity index (χ4n) is 1.32. The molecule has 0 radical (unpaired) electrons. The molecule has 1 aromatic carbocycles. The molecule has 2 rings (SSSR count). The predicted molar refractivity (Wildman–Crippen MR) is 53.1 cm³/mol. The number of rotatable bonds is 2. The Balaban J connectivity index is 2.58. The van der Waals surface area contributed by atoms with E-state index in [0.717, 1.165) is 5.69 Å². The Labute approximate surface area is 86.0 Å². The third-order valence-electron chi connectivity index (χ3n) is 2.01. The summed E-state index contributed by atoms with van der Waals surface area (Å²) in [6, 6.07) is 4.86. The van der Waals surface area contributed by atoms with Crippen LogP contribution in [0.1, 0.15) is 5.56 Å². The fraction of sp³-hybridized carbons (Fsp3) is 0.100. The summed E-state index contributed by atoms with van der Waals surface area (Å²) in [5.41, 5.74) is 1.23. The molecule has 0 aliphatic heterocycles. The SMILES string of the molecule is Fc1cccc(-n2ccnc2)c1CCl. The van der Waals surface area contributed by atoms with E-state index < -0.39 is 0 Å². The van der Waals surface area contributed by atoms with Gasteiger partial charge in [-0.25, -0.2) is 9.37 Å². The molecule has 0 saturated heterocycles. The van der Waals surface area contributed by atoms with Crippen LogP contribution in [0.2, 0.25) is 0 Å². The van der Waals surface area contributed by atoms with Gasteiger partial charge in [0, 0.05) is 18.0 Å². The molecule has 0 saturated carbocycles. The van der Waals surface area contributed by atoms with E-state index in [1.54, 1.807) is 29.4 Å². The molecule has 14 heavy (non-hydrogen) atoms. The number of nitrogens with zero attached hydrogens (tertiary/aromatic N) is 2. The highest BCUT2D eigenvalue weighted by Crippen LogP contribution is 2.19. The van der Waals surface area contributed by atoms with E-state index in [4.69, 9.17) is 11.6 Å². The van der Waals surface area contributed by atoms with E-state index in [1.807, 2.05) is 6.07 Å². The van der Waals surface area contributed by atoms with Crippen LogP contribution >= 0.6 is 11.6 Å². The van der Waals surface area contributed by atoms with Crippen LogP contribution in [-0.2, 0) is 5.88 Å². The number of alkyl halides is 1. The fourth-order valence-corrected chi connectivity index (χ4v) is 1.59. The minimum Gasteiger partial charge on any atom is -0.306 e. The Morgan fingerprint density at radius 3 is 2.93 bits per heavy atom. The van der Waals surface area contributed by atoms with Gasteiger partial charge in [0.15, 0.2) is 0 Å². The van der Waals surface area contributed by atoms with Gasteiger partial charge in [0.2, 0.25) is 0 Å². The van der Waals surface area contributed by atoms with Gasteiger partial charge in [0.25, 0.3) is 0 Å². The summed E-state index contributed by atoms with van der Waals surface area (Å²) in [5, 5.41) is 0. The van der Waals surface area contributed by atoms with Crippen molar-refractivity contribution in [3.05, 3.63) is 48.3 Å². The second-order valence-corrected chi connectivity index (χ2v) is 3.11. The lowest BCUT2D eigenvalue weighted by Crippen LogP contribution is -1.98. The molecule has 0 atom stereocenters. The first kappa shape index (κ1) is 9.21. The Bertz CT molecular complexity index is 426. The highest BCUT2D eigenvalue weighted by atomic mass is 35.5. The predicted octanol–water partition coefficient (Wildman–Crippen LogP) is 2.75. The molecule has 2 nitrogen and oxygen atoms in total. The zero-order valence-corrected chi connectivity index (χ0v) is 8.08. The number of halogens is 2. The smallest absolute Gasteiger partial charge is 0.129 e. The van der Waals surface area contributed by atoms with Crippen molar-refractivity contribution in [3.8, 4) is 5.69 Å². The zero-order chi connectivity index (χ0) is 9.97. The highest BCUT2D eigenvalue weighted by molar-refractivity contribution is 6.17. The first-order valence-corrected chi connectivity index (χ1v) is 4.68. The lowest BCUT2D eigenvalue weighted by molar-refractivity contribution is 0.615. The third kappa shape index (κ3) is 1.51. The zero-order valence-electron chi connectivity index (χ0n) is 7.32. The monoisotopic (exact) mass is 210 g/mol. The van der Waals surface area contributed by atoms with Gasteiger partial charge in [-0.1, -0.05) is 6.07 Å². The van der Waals surface area contributed by atoms with Gasteiger partial charge in [-0.15, -0.1) is 11.6 Å². The first-order valence-electron chi connectivity index (χ1n) is 4.14. The van der Waals surface area contributed by atoms with E-state index in [1.165, 1.54) is 6.07 Å². The van der Waals surface area contributed by atoms with Crippen molar-refractivity contribution in [2.45, 2.75) is 5.88 Å². The van der Waals surface area contributed by atoms with Crippen molar-refractivity contribution in [2.75, 3.05) is 0 Å². The maximum Gasteiger partial charge on any atom is 0.129 e. The highest BCUT2D eigenvalue weighted by Gasteiger charge is 2.07. The summed E-state index contributed by atoms with van der Waals surface area (Å²) in [4.78, 5) is 3.90. The van der Waals surface area contributed by atoms with Gasteiger partial charge < -0.3 is 4.57 Å². The van der Waals surface area contributed by atoms with Crippen LogP contribution in [0.3, 0.4) is 0 Å². The summed E-state index contributed by atoms with van der Waals surface area (Å²) < 4.78 is 15.1. The molecular formula is C10H8ClFN2. The van der Waals surface area contributed by atoms with Gasteiger partial charge in [0.1, 0.15) is 5.82 Å². The van der Waals surface area contributed by atoms with Crippen LogP contribution in [-0.4, -0.2) is 9.55 Å². The average molecular weight is 211 g/mol.